The van der Waals surface area contributed by atoms with E-state index in [1.165, 1.54) is 0 Å². The fourth-order valence-electron chi connectivity index (χ4n) is 1.72. The summed E-state index contributed by atoms with van der Waals surface area (Å²) in [5.74, 6) is -0.581. The molecule has 0 fully saturated rings. The summed E-state index contributed by atoms with van der Waals surface area (Å²) in [5.41, 5.74) is 0.147. The fraction of sp³-hybridized carbons (Fsp3) is 0.133. The summed E-state index contributed by atoms with van der Waals surface area (Å²) < 4.78 is 37.4. The van der Waals surface area contributed by atoms with Gasteiger partial charge in [-0.15, -0.1) is 0 Å². The largest absolute Gasteiger partial charge is 0.416 e. The highest BCUT2D eigenvalue weighted by Crippen LogP contribution is 2.29. The predicted octanol–water partition coefficient (Wildman–Crippen LogP) is 2.90. The summed E-state index contributed by atoms with van der Waals surface area (Å²) in [5, 5.41) is 5.30. The number of aromatic nitrogens is 1. The molecule has 120 valence electrons. The number of nitrogens with one attached hydrogen (secondary N) is 2. The van der Waals surface area contributed by atoms with Crippen molar-refractivity contribution in [1.82, 2.24) is 15.6 Å². The van der Waals surface area contributed by atoms with Crippen molar-refractivity contribution in [1.29, 1.82) is 0 Å². The number of carbonyl (C=O) groups excluding carboxylic acids is 1. The summed E-state index contributed by atoms with van der Waals surface area (Å²) in [7, 11) is 0. The summed E-state index contributed by atoms with van der Waals surface area (Å²) in [6, 6.07) is 7.49. The Morgan fingerprint density at radius 3 is 2.43 bits per heavy atom. The van der Waals surface area contributed by atoms with E-state index in [9.17, 15) is 18.0 Å². The molecule has 23 heavy (non-hydrogen) atoms. The molecular weight excluding hydrogens is 327 g/mol. The Morgan fingerprint density at radius 1 is 1.17 bits per heavy atom. The van der Waals surface area contributed by atoms with Gasteiger partial charge in [0, 0.05) is 24.5 Å². The van der Waals surface area contributed by atoms with Crippen LogP contribution in [0.15, 0.2) is 48.8 Å². The lowest BCUT2D eigenvalue weighted by Gasteiger charge is -2.10. The van der Waals surface area contributed by atoms with E-state index < -0.39 is 17.6 Å². The average Bonchev–Trinajstić information content (AvgIpc) is 2.53. The third-order valence-electron chi connectivity index (χ3n) is 2.88. The Balaban J connectivity index is 1.89. The van der Waals surface area contributed by atoms with Gasteiger partial charge in [-0.25, -0.2) is 0 Å². The van der Waals surface area contributed by atoms with E-state index in [0.717, 1.165) is 29.8 Å². The molecule has 0 radical (unpaired) electrons. The number of hydrogen-bond acceptors (Lipinski definition) is 3. The number of rotatable bonds is 3. The van der Waals surface area contributed by atoms with Gasteiger partial charge in [-0.2, -0.15) is 13.2 Å². The van der Waals surface area contributed by atoms with E-state index >= 15 is 0 Å². The standard InChI is InChI=1S/C15H12F3N3OS/c16-15(17,18)12-5-3-11(4-6-12)13(22)21-14(23)20-9-10-2-1-7-19-8-10/h1-8H,9H2,(H2,20,21,22,23). The van der Waals surface area contributed by atoms with E-state index in [4.69, 9.17) is 12.2 Å². The van der Waals surface area contributed by atoms with Crippen LogP contribution in [0.4, 0.5) is 13.2 Å². The van der Waals surface area contributed by atoms with E-state index in [1.54, 1.807) is 18.5 Å². The maximum Gasteiger partial charge on any atom is 0.416 e. The second-order valence-electron chi connectivity index (χ2n) is 4.57. The zero-order chi connectivity index (χ0) is 16.9. The number of nitrogens with zero attached hydrogens (tertiary/aromatic N) is 1. The van der Waals surface area contributed by atoms with Crippen LogP contribution in [0.5, 0.6) is 0 Å². The molecule has 0 bridgehead atoms. The molecule has 1 aromatic heterocycles. The van der Waals surface area contributed by atoms with E-state index in [-0.39, 0.29) is 10.7 Å². The predicted molar refractivity (Wildman–Crippen MR) is 82.6 cm³/mol. The molecule has 1 amide bonds. The summed E-state index contributed by atoms with van der Waals surface area (Å²) in [4.78, 5) is 15.8. The highest BCUT2D eigenvalue weighted by atomic mass is 32.1. The highest BCUT2D eigenvalue weighted by molar-refractivity contribution is 7.80. The summed E-state index contributed by atoms with van der Waals surface area (Å²) in [6.45, 7) is 0.375. The normalized spacial score (nSPS) is 10.9. The highest BCUT2D eigenvalue weighted by Gasteiger charge is 2.30. The second kappa shape index (κ2) is 7.19. The van der Waals surface area contributed by atoms with Crippen molar-refractivity contribution in [3.05, 3.63) is 65.5 Å². The average molecular weight is 339 g/mol. The molecule has 2 aromatic rings. The maximum absolute atomic E-state index is 12.5. The van der Waals surface area contributed by atoms with Crippen molar-refractivity contribution in [2.75, 3.05) is 0 Å². The lowest BCUT2D eigenvalue weighted by molar-refractivity contribution is -0.137. The van der Waals surface area contributed by atoms with E-state index in [0.29, 0.717) is 6.54 Å². The molecule has 2 rings (SSSR count). The molecule has 0 saturated carbocycles. The number of pyridine rings is 1. The van der Waals surface area contributed by atoms with Crippen LogP contribution >= 0.6 is 12.2 Å². The topological polar surface area (TPSA) is 54.0 Å². The van der Waals surface area contributed by atoms with Crippen LogP contribution < -0.4 is 10.6 Å². The Kier molecular flexibility index (Phi) is 5.28. The van der Waals surface area contributed by atoms with Crippen LogP contribution in [-0.2, 0) is 12.7 Å². The van der Waals surface area contributed by atoms with Crippen molar-refractivity contribution in [3.8, 4) is 0 Å². The first-order chi connectivity index (χ1) is 10.9. The third-order valence-corrected chi connectivity index (χ3v) is 3.12. The number of hydrogen-bond donors (Lipinski definition) is 2. The van der Waals surface area contributed by atoms with Crippen molar-refractivity contribution in [3.63, 3.8) is 0 Å². The molecule has 8 heteroatoms. The number of alkyl halides is 3. The van der Waals surface area contributed by atoms with E-state index in [1.807, 2.05) is 6.07 Å². The first-order valence-corrected chi connectivity index (χ1v) is 6.92. The van der Waals surface area contributed by atoms with Crippen molar-refractivity contribution in [2.24, 2.45) is 0 Å². The number of carbonyl (C=O) groups is 1. The van der Waals surface area contributed by atoms with E-state index in [2.05, 4.69) is 15.6 Å². The molecule has 0 atom stereocenters. The van der Waals surface area contributed by atoms with Crippen LogP contribution in [0.1, 0.15) is 21.5 Å². The van der Waals surface area contributed by atoms with Gasteiger partial charge < -0.3 is 5.32 Å². The molecule has 4 nitrogen and oxygen atoms in total. The minimum absolute atomic E-state index is 0.0822. The first-order valence-electron chi connectivity index (χ1n) is 6.51. The summed E-state index contributed by atoms with van der Waals surface area (Å²) >= 11 is 4.97. The molecule has 2 N–H and O–H groups in total. The lowest BCUT2D eigenvalue weighted by atomic mass is 10.1. The van der Waals surface area contributed by atoms with Gasteiger partial charge in [0.15, 0.2) is 5.11 Å². The summed E-state index contributed by atoms with van der Waals surface area (Å²) in [6.07, 6.45) is -1.16. The molecular formula is C15H12F3N3OS. The van der Waals surface area contributed by atoms with Gasteiger partial charge in [0.1, 0.15) is 0 Å². The van der Waals surface area contributed by atoms with Crippen molar-refractivity contribution >= 4 is 23.2 Å². The van der Waals surface area contributed by atoms with Gasteiger partial charge in [-0.05, 0) is 48.1 Å². The fourth-order valence-corrected chi connectivity index (χ4v) is 1.88. The monoisotopic (exact) mass is 339 g/mol. The van der Waals surface area contributed by atoms with Crippen LogP contribution in [0.25, 0.3) is 0 Å². The number of halogens is 3. The maximum atomic E-state index is 12.5. The van der Waals surface area contributed by atoms with Gasteiger partial charge in [-0.3, -0.25) is 15.1 Å². The minimum atomic E-state index is -4.43. The zero-order valence-electron chi connectivity index (χ0n) is 11.7. The van der Waals surface area contributed by atoms with Gasteiger partial charge in [0.2, 0.25) is 0 Å². The van der Waals surface area contributed by atoms with Gasteiger partial charge in [0.05, 0.1) is 5.56 Å². The molecule has 0 aliphatic carbocycles. The van der Waals surface area contributed by atoms with Gasteiger partial charge >= 0.3 is 6.18 Å². The SMILES string of the molecule is O=C(NC(=S)NCc1cccnc1)c1ccc(C(F)(F)F)cc1. The minimum Gasteiger partial charge on any atom is -0.358 e. The molecule has 1 aromatic carbocycles. The van der Waals surface area contributed by atoms with Crippen LogP contribution in [0.3, 0.4) is 0 Å². The Bertz CT molecular complexity index is 687. The van der Waals surface area contributed by atoms with Crippen molar-refractivity contribution < 1.29 is 18.0 Å². The molecule has 0 saturated heterocycles. The van der Waals surface area contributed by atoms with Crippen LogP contribution in [0, 0.1) is 0 Å². The molecule has 0 spiro atoms. The third kappa shape index (κ3) is 5.03. The quantitative estimate of drug-likeness (QED) is 0.845. The van der Waals surface area contributed by atoms with Crippen LogP contribution in [0.2, 0.25) is 0 Å². The molecule has 0 aliphatic heterocycles. The first kappa shape index (κ1) is 16.9. The molecule has 0 aliphatic rings. The van der Waals surface area contributed by atoms with Crippen molar-refractivity contribution in [2.45, 2.75) is 12.7 Å². The zero-order valence-corrected chi connectivity index (χ0v) is 12.5. The second-order valence-corrected chi connectivity index (χ2v) is 4.98. The van der Waals surface area contributed by atoms with Crippen LogP contribution in [-0.4, -0.2) is 16.0 Å². The molecule has 0 unspecified atom stereocenters. The van der Waals surface area contributed by atoms with Gasteiger partial charge in [-0.1, -0.05) is 6.07 Å². The van der Waals surface area contributed by atoms with Gasteiger partial charge in [0.25, 0.3) is 5.91 Å². The number of thiocarbonyl (C=S) groups is 1. The molecule has 1 heterocycles. The number of benzene rings is 1. The Morgan fingerprint density at radius 2 is 1.87 bits per heavy atom. The smallest absolute Gasteiger partial charge is 0.358 e. The Hall–Kier alpha value is -2.48. The lowest BCUT2D eigenvalue weighted by Crippen LogP contribution is -2.38. The number of amides is 1. The Labute approximate surface area is 135 Å².